The second kappa shape index (κ2) is 4.30. The van der Waals surface area contributed by atoms with Crippen LogP contribution in [-0.2, 0) is 4.79 Å². The molecule has 3 heteroatoms. The topological polar surface area (TPSA) is 41.1 Å². The zero-order valence-corrected chi connectivity index (χ0v) is 8.88. The lowest BCUT2D eigenvalue weighted by Crippen LogP contribution is -2.36. The fourth-order valence-corrected chi connectivity index (χ4v) is 2.22. The van der Waals surface area contributed by atoms with Crippen molar-refractivity contribution in [3.8, 4) is 0 Å². The summed E-state index contributed by atoms with van der Waals surface area (Å²) >= 11 is 0. The Kier molecular flexibility index (Phi) is 3.06. The van der Waals surface area contributed by atoms with Gasteiger partial charge in [-0.05, 0) is 50.5 Å². The van der Waals surface area contributed by atoms with Crippen LogP contribution in [0.25, 0.3) is 0 Å². The molecule has 0 aromatic rings. The number of likely N-dealkylation sites (N-methyl/N-ethyl adjacent to an activating group) is 1. The first-order valence-electron chi connectivity index (χ1n) is 5.72. The minimum absolute atomic E-state index is 0.138. The Balaban J connectivity index is 1.68. The molecule has 2 N–H and O–H groups in total. The van der Waals surface area contributed by atoms with Gasteiger partial charge >= 0.3 is 0 Å². The number of carbonyl (C=O) groups excluding carboxylic acids is 1. The third kappa shape index (κ3) is 2.71. The quantitative estimate of drug-likeness (QED) is 0.658. The highest BCUT2D eigenvalue weighted by molar-refractivity contribution is 5.77. The van der Waals surface area contributed by atoms with Gasteiger partial charge in [0.2, 0.25) is 5.91 Å². The van der Waals surface area contributed by atoms with Crippen LogP contribution < -0.4 is 10.6 Å². The van der Waals surface area contributed by atoms with Crippen LogP contribution in [0, 0.1) is 17.8 Å². The van der Waals surface area contributed by atoms with Gasteiger partial charge in [0.05, 0.1) is 6.54 Å². The summed E-state index contributed by atoms with van der Waals surface area (Å²) in [5.41, 5.74) is 0. The van der Waals surface area contributed by atoms with E-state index in [0.29, 0.717) is 6.54 Å². The third-order valence-corrected chi connectivity index (χ3v) is 3.33. The van der Waals surface area contributed by atoms with E-state index in [2.05, 4.69) is 10.6 Å². The van der Waals surface area contributed by atoms with Crippen LogP contribution in [0.4, 0.5) is 0 Å². The van der Waals surface area contributed by atoms with E-state index in [0.717, 1.165) is 24.3 Å². The van der Waals surface area contributed by atoms with Gasteiger partial charge in [0.25, 0.3) is 0 Å². The molecule has 0 heterocycles. The molecular weight excluding hydrogens is 176 g/mol. The molecule has 2 aliphatic carbocycles. The van der Waals surface area contributed by atoms with E-state index in [1.54, 1.807) is 7.05 Å². The zero-order chi connectivity index (χ0) is 9.97. The Labute approximate surface area is 85.6 Å². The van der Waals surface area contributed by atoms with Crippen LogP contribution in [0.1, 0.15) is 25.7 Å². The van der Waals surface area contributed by atoms with Crippen LogP contribution in [0.2, 0.25) is 0 Å². The first-order valence-corrected chi connectivity index (χ1v) is 5.72. The second-order valence-electron chi connectivity index (χ2n) is 4.67. The summed E-state index contributed by atoms with van der Waals surface area (Å²) in [5, 5.41) is 5.89. The maximum atomic E-state index is 11.3. The number of hydrogen-bond donors (Lipinski definition) is 2. The lowest BCUT2D eigenvalue weighted by atomic mass is 9.98. The van der Waals surface area contributed by atoms with Crippen molar-refractivity contribution in [3.63, 3.8) is 0 Å². The van der Waals surface area contributed by atoms with Gasteiger partial charge in [0, 0.05) is 6.54 Å². The van der Waals surface area contributed by atoms with E-state index in [1.807, 2.05) is 0 Å². The minimum Gasteiger partial charge on any atom is -0.355 e. The average Bonchev–Trinajstić information content (AvgIpc) is 3.01. The van der Waals surface area contributed by atoms with E-state index in [-0.39, 0.29) is 5.91 Å². The van der Waals surface area contributed by atoms with E-state index >= 15 is 0 Å². The van der Waals surface area contributed by atoms with Gasteiger partial charge in [-0.15, -0.1) is 0 Å². The molecule has 0 atom stereocenters. The third-order valence-electron chi connectivity index (χ3n) is 3.33. The van der Waals surface area contributed by atoms with Crippen molar-refractivity contribution < 1.29 is 4.79 Å². The van der Waals surface area contributed by atoms with Crippen molar-refractivity contribution in [2.45, 2.75) is 25.7 Å². The summed E-state index contributed by atoms with van der Waals surface area (Å²) in [6.45, 7) is 1.36. The number of carbonyl (C=O) groups is 1. The van der Waals surface area contributed by atoms with Gasteiger partial charge in [-0.25, -0.2) is 0 Å². The number of rotatable bonds is 6. The van der Waals surface area contributed by atoms with Crippen LogP contribution in [0.3, 0.4) is 0 Å². The van der Waals surface area contributed by atoms with E-state index in [9.17, 15) is 4.79 Å². The van der Waals surface area contributed by atoms with Crippen LogP contribution >= 0.6 is 0 Å². The van der Waals surface area contributed by atoms with Crippen LogP contribution in [-0.4, -0.2) is 26.0 Å². The molecule has 1 amide bonds. The van der Waals surface area contributed by atoms with Crippen molar-refractivity contribution >= 4 is 5.91 Å². The predicted molar refractivity (Wildman–Crippen MR) is 55.9 cm³/mol. The molecule has 80 valence electrons. The van der Waals surface area contributed by atoms with Crippen molar-refractivity contribution in [1.82, 2.24) is 10.6 Å². The Hall–Kier alpha value is -0.570. The highest BCUT2D eigenvalue weighted by atomic mass is 16.1. The van der Waals surface area contributed by atoms with Gasteiger partial charge in [-0.3, -0.25) is 4.79 Å². The van der Waals surface area contributed by atoms with Crippen molar-refractivity contribution in [3.05, 3.63) is 0 Å². The largest absolute Gasteiger partial charge is 0.355 e. The number of hydrogen-bond acceptors (Lipinski definition) is 2. The maximum Gasteiger partial charge on any atom is 0.233 e. The van der Waals surface area contributed by atoms with E-state index in [1.165, 1.54) is 25.7 Å². The predicted octanol–water partition coefficient (Wildman–Crippen LogP) is 0.758. The highest BCUT2D eigenvalue weighted by Crippen LogP contribution is 2.48. The molecule has 0 unspecified atom stereocenters. The lowest BCUT2D eigenvalue weighted by Gasteiger charge is -2.15. The monoisotopic (exact) mass is 196 g/mol. The van der Waals surface area contributed by atoms with Gasteiger partial charge in [0.1, 0.15) is 0 Å². The molecule has 0 spiro atoms. The molecule has 0 radical (unpaired) electrons. The maximum absolute atomic E-state index is 11.3. The first kappa shape index (κ1) is 9.97. The second-order valence-corrected chi connectivity index (χ2v) is 4.67. The van der Waals surface area contributed by atoms with Crippen molar-refractivity contribution in [2.24, 2.45) is 17.8 Å². The Morgan fingerprint density at radius 3 is 2.29 bits per heavy atom. The summed E-state index contributed by atoms with van der Waals surface area (Å²) in [6.07, 6.45) is 5.57. The molecule has 2 saturated carbocycles. The molecule has 0 aromatic heterocycles. The van der Waals surface area contributed by atoms with Crippen LogP contribution in [0.15, 0.2) is 0 Å². The van der Waals surface area contributed by atoms with Crippen molar-refractivity contribution in [1.29, 1.82) is 0 Å². The summed E-state index contributed by atoms with van der Waals surface area (Å²) < 4.78 is 0. The highest BCUT2D eigenvalue weighted by Gasteiger charge is 2.41. The average molecular weight is 196 g/mol. The molecule has 2 rings (SSSR count). The molecule has 2 fully saturated rings. The first-order chi connectivity index (χ1) is 6.81. The van der Waals surface area contributed by atoms with E-state index in [4.69, 9.17) is 0 Å². The van der Waals surface area contributed by atoms with Crippen molar-refractivity contribution in [2.75, 3.05) is 20.1 Å². The molecule has 0 bridgehead atoms. The normalized spacial score (nSPS) is 21.3. The fraction of sp³-hybridized carbons (Fsp3) is 0.909. The Morgan fingerprint density at radius 2 is 1.86 bits per heavy atom. The summed E-state index contributed by atoms with van der Waals surface area (Å²) in [4.78, 5) is 11.3. The smallest absolute Gasteiger partial charge is 0.233 e. The summed E-state index contributed by atoms with van der Waals surface area (Å²) in [5.74, 6) is 2.78. The minimum atomic E-state index is 0.138. The molecule has 3 nitrogen and oxygen atoms in total. The fourth-order valence-electron chi connectivity index (χ4n) is 2.22. The number of nitrogens with one attached hydrogen (secondary N) is 2. The molecule has 0 aliphatic heterocycles. The summed E-state index contributed by atoms with van der Waals surface area (Å²) in [7, 11) is 1.80. The van der Waals surface area contributed by atoms with Gasteiger partial charge in [-0.1, -0.05) is 0 Å². The van der Waals surface area contributed by atoms with E-state index < -0.39 is 0 Å². The van der Waals surface area contributed by atoms with Gasteiger partial charge < -0.3 is 10.6 Å². The standard InChI is InChI=1S/C11H20N2O/c1-12-7-11(14)13-6-10(8-2-3-8)9-4-5-9/h8-10,12H,2-7H2,1H3,(H,13,14). The summed E-state index contributed by atoms with van der Waals surface area (Å²) in [6, 6.07) is 0. The molecule has 0 aromatic carbocycles. The molecule has 0 saturated heterocycles. The van der Waals surface area contributed by atoms with Crippen LogP contribution in [0.5, 0.6) is 0 Å². The SMILES string of the molecule is CNCC(=O)NCC(C1CC1)C1CC1. The molecular formula is C11H20N2O. The molecule has 2 aliphatic rings. The Bertz CT molecular complexity index is 197. The Morgan fingerprint density at radius 1 is 1.29 bits per heavy atom. The van der Waals surface area contributed by atoms with Gasteiger partial charge in [-0.2, -0.15) is 0 Å². The zero-order valence-electron chi connectivity index (χ0n) is 8.88. The lowest BCUT2D eigenvalue weighted by molar-refractivity contribution is -0.120. The van der Waals surface area contributed by atoms with Gasteiger partial charge in [0.15, 0.2) is 0 Å². The number of amides is 1. The molecule has 14 heavy (non-hydrogen) atoms.